The van der Waals surface area contributed by atoms with Crippen LogP contribution in [-0.4, -0.2) is 78.5 Å². The molecule has 6 nitrogen and oxygen atoms in total. The van der Waals surface area contributed by atoms with E-state index in [4.69, 9.17) is 9.84 Å². The maximum Gasteiger partial charge on any atom is 0.317 e. The Bertz CT molecular complexity index is 607. The second-order valence-electron chi connectivity index (χ2n) is 6.17. The number of thiophene rings is 1. The van der Waals surface area contributed by atoms with E-state index < -0.39 is 5.97 Å². The number of morpholine rings is 1. The summed E-state index contributed by atoms with van der Waals surface area (Å²) in [7, 11) is 1.76. The van der Waals surface area contributed by atoms with Crippen molar-refractivity contribution in [2.75, 3.05) is 45.6 Å². The Morgan fingerprint density at radius 2 is 2.33 bits per heavy atom. The molecule has 1 aromatic rings. The number of aliphatic carboxylic acids is 1. The van der Waals surface area contributed by atoms with Gasteiger partial charge in [0.1, 0.15) is 5.25 Å². The van der Waals surface area contributed by atoms with Gasteiger partial charge in [0.2, 0.25) is 5.91 Å². The van der Waals surface area contributed by atoms with Gasteiger partial charge in [-0.25, -0.2) is 0 Å². The molecule has 3 heterocycles. The van der Waals surface area contributed by atoms with E-state index in [0.29, 0.717) is 26.2 Å². The van der Waals surface area contributed by atoms with Crippen molar-refractivity contribution < 1.29 is 19.4 Å². The fourth-order valence-electron chi connectivity index (χ4n) is 3.19. The van der Waals surface area contributed by atoms with Crippen molar-refractivity contribution in [2.24, 2.45) is 0 Å². The van der Waals surface area contributed by atoms with Crippen molar-refractivity contribution in [2.45, 2.75) is 17.8 Å². The highest BCUT2D eigenvalue weighted by Crippen LogP contribution is 2.40. The van der Waals surface area contributed by atoms with Crippen LogP contribution in [0.4, 0.5) is 0 Å². The van der Waals surface area contributed by atoms with Crippen LogP contribution < -0.4 is 0 Å². The van der Waals surface area contributed by atoms with Crippen molar-refractivity contribution >= 4 is 35.0 Å². The standard InChI is InChI=1S/C16H22N2O4S2/c1-17(10-14(19)20)8-11-9-18(4-5-22-11)16(21)15-12-2-6-23-13(12)3-7-24-15/h2,6,11,15H,3-5,7-10H2,1H3,(H,19,20)/t11-,15+/m0/s1. The molecule has 2 aliphatic rings. The SMILES string of the molecule is CN(CC(=O)O)C[C@H]1CN(C(=O)[C@@H]2SCCc3sccc32)CCO1. The van der Waals surface area contributed by atoms with Crippen molar-refractivity contribution in [3.8, 4) is 0 Å². The molecular formula is C16H22N2O4S2. The van der Waals surface area contributed by atoms with Crippen LogP contribution in [0.2, 0.25) is 0 Å². The van der Waals surface area contributed by atoms with Gasteiger partial charge in [-0.1, -0.05) is 0 Å². The van der Waals surface area contributed by atoms with E-state index >= 15 is 0 Å². The Hall–Kier alpha value is -1.09. The number of fused-ring (bicyclic) bond motifs is 1. The van der Waals surface area contributed by atoms with Crippen LogP contribution in [0.15, 0.2) is 11.4 Å². The molecule has 1 saturated heterocycles. The predicted molar refractivity (Wildman–Crippen MR) is 94.7 cm³/mol. The van der Waals surface area contributed by atoms with Gasteiger partial charge >= 0.3 is 5.97 Å². The van der Waals surface area contributed by atoms with Crippen LogP contribution in [0.25, 0.3) is 0 Å². The van der Waals surface area contributed by atoms with Crippen molar-refractivity contribution in [1.82, 2.24) is 9.80 Å². The number of carboxylic acids is 1. The zero-order chi connectivity index (χ0) is 17.1. The number of rotatable bonds is 5. The van der Waals surface area contributed by atoms with Crippen LogP contribution in [0.5, 0.6) is 0 Å². The smallest absolute Gasteiger partial charge is 0.317 e. The summed E-state index contributed by atoms with van der Waals surface area (Å²) in [6.45, 7) is 2.13. The van der Waals surface area contributed by atoms with Gasteiger partial charge in [-0.3, -0.25) is 14.5 Å². The number of aryl methyl sites for hydroxylation is 1. The van der Waals surface area contributed by atoms with Crippen LogP contribution >= 0.6 is 23.1 Å². The summed E-state index contributed by atoms with van der Waals surface area (Å²) < 4.78 is 5.72. The third-order valence-corrected chi connectivity index (χ3v) is 6.50. The van der Waals surface area contributed by atoms with Crippen molar-refractivity contribution in [3.63, 3.8) is 0 Å². The number of likely N-dealkylation sites (N-methyl/N-ethyl adjacent to an activating group) is 1. The lowest BCUT2D eigenvalue weighted by molar-refractivity contribution is -0.142. The second-order valence-corrected chi connectivity index (χ2v) is 8.38. The first-order valence-electron chi connectivity index (χ1n) is 8.03. The fraction of sp³-hybridized carbons (Fsp3) is 0.625. The van der Waals surface area contributed by atoms with Crippen LogP contribution in [0, 0.1) is 0 Å². The molecule has 2 atom stereocenters. The summed E-state index contributed by atoms with van der Waals surface area (Å²) in [5, 5.41) is 10.8. The zero-order valence-corrected chi connectivity index (χ0v) is 15.3. The molecule has 0 unspecified atom stereocenters. The largest absolute Gasteiger partial charge is 0.480 e. The summed E-state index contributed by atoms with van der Waals surface area (Å²) in [6.07, 6.45) is 0.912. The maximum absolute atomic E-state index is 13.0. The van der Waals surface area contributed by atoms with Crippen molar-refractivity contribution in [1.29, 1.82) is 0 Å². The minimum Gasteiger partial charge on any atom is -0.480 e. The van der Waals surface area contributed by atoms with E-state index in [1.165, 1.54) is 10.4 Å². The first-order chi connectivity index (χ1) is 11.5. The monoisotopic (exact) mass is 370 g/mol. The third kappa shape index (κ3) is 4.11. The number of nitrogens with zero attached hydrogens (tertiary/aromatic N) is 2. The van der Waals surface area contributed by atoms with Gasteiger partial charge in [-0.05, 0) is 36.2 Å². The van der Waals surface area contributed by atoms with Gasteiger partial charge in [-0.2, -0.15) is 0 Å². The first kappa shape index (κ1) is 17.7. The summed E-state index contributed by atoms with van der Waals surface area (Å²) in [6, 6.07) is 2.08. The van der Waals surface area contributed by atoms with Gasteiger partial charge in [0, 0.05) is 24.5 Å². The third-order valence-electron chi connectivity index (χ3n) is 4.27. The second kappa shape index (κ2) is 7.86. The molecule has 0 aliphatic carbocycles. The number of carbonyl (C=O) groups is 2. The maximum atomic E-state index is 13.0. The minimum atomic E-state index is -0.857. The number of amides is 1. The molecule has 0 bridgehead atoms. The molecule has 0 saturated carbocycles. The Labute approximate surface area is 149 Å². The number of hydrogen-bond donors (Lipinski definition) is 1. The molecule has 132 valence electrons. The first-order valence-corrected chi connectivity index (χ1v) is 9.96. The lowest BCUT2D eigenvalue weighted by atomic mass is 10.1. The summed E-state index contributed by atoms with van der Waals surface area (Å²) in [5.74, 6) is 0.289. The molecule has 2 aliphatic heterocycles. The average Bonchev–Trinajstić information content (AvgIpc) is 3.02. The molecule has 3 rings (SSSR count). The highest BCUT2D eigenvalue weighted by atomic mass is 32.2. The average molecular weight is 370 g/mol. The number of carboxylic acid groups (broad SMARTS) is 1. The highest BCUT2D eigenvalue weighted by Gasteiger charge is 2.34. The summed E-state index contributed by atoms with van der Waals surface area (Å²) in [5.41, 5.74) is 1.17. The van der Waals surface area contributed by atoms with Gasteiger partial charge in [0.25, 0.3) is 0 Å². The van der Waals surface area contributed by atoms with E-state index in [-0.39, 0.29) is 23.8 Å². The number of ether oxygens (including phenoxy) is 1. The van der Waals surface area contributed by atoms with Gasteiger partial charge < -0.3 is 14.7 Å². The molecule has 0 radical (unpaired) electrons. The highest BCUT2D eigenvalue weighted by molar-refractivity contribution is 8.00. The molecule has 1 aromatic heterocycles. The summed E-state index contributed by atoms with van der Waals surface area (Å²) in [4.78, 5) is 28.7. The van der Waals surface area contributed by atoms with Crippen LogP contribution in [0.1, 0.15) is 15.7 Å². The van der Waals surface area contributed by atoms with E-state index in [1.807, 2.05) is 4.90 Å². The molecule has 1 N–H and O–H groups in total. The zero-order valence-electron chi connectivity index (χ0n) is 13.6. The number of hydrogen-bond acceptors (Lipinski definition) is 6. The Balaban J connectivity index is 1.61. The quantitative estimate of drug-likeness (QED) is 0.843. The van der Waals surface area contributed by atoms with Gasteiger partial charge in [0.15, 0.2) is 0 Å². The normalized spacial score (nSPS) is 24.0. The molecule has 1 fully saturated rings. The summed E-state index contributed by atoms with van der Waals surface area (Å²) >= 11 is 3.46. The van der Waals surface area contributed by atoms with Crippen LogP contribution in [0.3, 0.4) is 0 Å². The molecule has 1 amide bonds. The van der Waals surface area contributed by atoms with Gasteiger partial charge in [0.05, 0.1) is 19.3 Å². The van der Waals surface area contributed by atoms with Crippen molar-refractivity contribution in [3.05, 3.63) is 21.9 Å². The van der Waals surface area contributed by atoms with E-state index in [9.17, 15) is 9.59 Å². The van der Waals surface area contributed by atoms with E-state index in [0.717, 1.165) is 12.2 Å². The molecule has 0 aromatic carbocycles. The lowest BCUT2D eigenvalue weighted by Gasteiger charge is -2.36. The Morgan fingerprint density at radius 1 is 1.50 bits per heavy atom. The van der Waals surface area contributed by atoms with Gasteiger partial charge in [-0.15, -0.1) is 23.1 Å². The molecule has 24 heavy (non-hydrogen) atoms. The lowest BCUT2D eigenvalue weighted by Crippen LogP contribution is -2.50. The Kier molecular flexibility index (Phi) is 5.80. The van der Waals surface area contributed by atoms with E-state index in [2.05, 4.69) is 11.4 Å². The minimum absolute atomic E-state index is 0.0233. The predicted octanol–water partition coefficient (Wildman–Crippen LogP) is 1.32. The number of thioether (sulfide) groups is 1. The fourth-order valence-corrected chi connectivity index (χ4v) is 5.56. The van der Waals surface area contributed by atoms with Crippen LogP contribution in [-0.2, 0) is 20.7 Å². The Morgan fingerprint density at radius 3 is 3.12 bits per heavy atom. The molecule has 0 spiro atoms. The molecule has 8 heteroatoms. The topological polar surface area (TPSA) is 70.1 Å². The molecular weight excluding hydrogens is 348 g/mol. The van der Waals surface area contributed by atoms with E-state index in [1.54, 1.807) is 35.0 Å². The number of carbonyl (C=O) groups excluding carboxylic acids is 1.